The SMILES string of the molecule is O=C(CCCOc1ccccc1)N1CCC(O)CC1. The van der Waals surface area contributed by atoms with Gasteiger partial charge in [0.2, 0.25) is 5.91 Å². The Morgan fingerprint density at radius 3 is 2.63 bits per heavy atom. The van der Waals surface area contributed by atoms with E-state index < -0.39 is 0 Å². The standard InChI is InChI=1S/C15H21NO3/c17-13-8-10-16(11-9-13)15(18)7-4-12-19-14-5-2-1-3-6-14/h1-3,5-6,13,17H,4,7-12H2. The molecule has 1 heterocycles. The summed E-state index contributed by atoms with van der Waals surface area (Å²) in [6.07, 6.45) is 2.42. The van der Waals surface area contributed by atoms with Gasteiger partial charge in [0, 0.05) is 19.5 Å². The molecule has 1 amide bonds. The van der Waals surface area contributed by atoms with Gasteiger partial charge in [-0.15, -0.1) is 0 Å². The molecule has 4 nitrogen and oxygen atoms in total. The molecule has 1 N–H and O–H groups in total. The number of benzene rings is 1. The van der Waals surface area contributed by atoms with Crippen LogP contribution in [-0.4, -0.2) is 41.7 Å². The Kier molecular flexibility index (Phi) is 5.21. The largest absolute Gasteiger partial charge is 0.494 e. The fourth-order valence-corrected chi connectivity index (χ4v) is 2.20. The summed E-state index contributed by atoms with van der Waals surface area (Å²) in [6, 6.07) is 9.63. The van der Waals surface area contributed by atoms with Crippen molar-refractivity contribution in [1.29, 1.82) is 0 Å². The van der Waals surface area contributed by atoms with Crippen LogP contribution in [0.3, 0.4) is 0 Å². The minimum Gasteiger partial charge on any atom is -0.494 e. The molecular formula is C15H21NO3. The van der Waals surface area contributed by atoms with Crippen molar-refractivity contribution in [2.75, 3.05) is 19.7 Å². The van der Waals surface area contributed by atoms with Crippen molar-refractivity contribution < 1.29 is 14.6 Å². The summed E-state index contributed by atoms with van der Waals surface area (Å²) < 4.78 is 5.55. The van der Waals surface area contributed by atoms with Crippen LogP contribution in [0.25, 0.3) is 0 Å². The molecule has 2 rings (SSSR count). The zero-order chi connectivity index (χ0) is 13.5. The highest BCUT2D eigenvalue weighted by atomic mass is 16.5. The van der Waals surface area contributed by atoms with E-state index in [1.165, 1.54) is 0 Å². The minimum absolute atomic E-state index is 0.170. The lowest BCUT2D eigenvalue weighted by atomic mass is 10.1. The van der Waals surface area contributed by atoms with Crippen molar-refractivity contribution in [2.45, 2.75) is 31.8 Å². The number of piperidine rings is 1. The van der Waals surface area contributed by atoms with Crippen LogP contribution in [0.1, 0.15) is 25.7 Å². The number of carbonyl (C=O) groups excluding carboxylic acids is 1. The lowest BCUT2D eigenvalue weighted by Crippen LogP contribution is -2.40. The van der Waals surface area contributed by atoms with Crippen molar-refractivity contribution in [3.8, 4) is 5.75 Å². The van der Waals surface area contributed by atoms with E-state index in [0.29, 0.717) is 39.0 Å². The third kappa shape index (κ3) is 4.56. The minimum atomic E-state index is -0.231. The number of hydrogen-bond donors (Lipinski definition) is 1. The number of aliphatic hydroxyl groups excluding tert-OH is 1. The fourth-order valence-electron chi connectivity index (χ4n) is 2.20. The third-order valence-electron chi connectivity index (χ3n) is 3.36. The van der Waals surface area contributed by atoms with Gasteiger partial charge in [-0.2, -0.15) is 0 Å². The van der Waals surface area contributed by atoms with Crippen molar-refractivity contribution in [3.05, 3.63) is 30.3 Å². The molecule has 0 saturated carbocycles. The van der Waals surface area contributed by atoms with E-state index in [1.807, 2.05) is 35.2 Å². The van der Waals surface area contributed by atoms with Gasteiger partial charge in [-0.05, 0) is 31.4 Å². The van der Waals surface area contributed by atoms with Gasteiger partial charge in [0.15, 0.2) is 0 Å². The Labute approximate surface area is 114 Å². The lowest BCUT2D eigenvalue weighted by molar-refractivity contribution is -0.133. The van der Waals surface area contributed by atoms with E-state index in [-0.39, 0.29) is 12.0 Å². The highest BCUT2D eigenvalue weighted by molar-refractivity contribution is 5.76. The zero-order valence-electron chi connectivity index (χ0n) is 11.1. The van der Waals surface area contributed by atoms with Gasteiger partial charge in [0.25, 0.3) is 0 Å². The van der Waals surface area contributed by atoms with Gasteiger partial charge in [0.05, 0.1) is 12.7 Å². The smallest absolute Gasteiger partial charge is 0.222 e. The molecule has 0 aromatic heterocycles. The Morgan fingerprint density at radius 1 is 1.26 bits per heavy atom. The number of aliphatic hydroxyl groups is 1. The van der Waals surface area contributed by atoms with Crippen molar-refractivity contribution >= 4 is 5.91 Å². The Bertz CT molecular complexity index is 386. The molecule has 0 unspecified atom stereocenters. The monoisotopic (exact) mass is 263 g/mol. The van der Waals surface area contributed by atoms with Gasteiger partial charge in [-0.1, -0.05) is 18.2 Å². The van der Waals surface area contributed by atoms with Crippen molar-refractivity contribution in [2.24, 2.45) is 0 Å². The second-order valence-electron chi connectivity index (χ2n) is 4.88. The number of ether oxygens (including phenoxy) is 1. The van der Waals surface area contributed by atoms with E-state index in [2.05, 4.69) is 0 Å². The van der Waals surface area contributed by atoms with E-state index in [4.69, 9.17) is 4.74 Å². The number of nitrogens with zero attached hydrogens (tertiary/aromatic N) is 1. The van der Waals surface area contributed by atoms with Crippen LogP contribution in [0.4, 0.5) is 0 Å². The molecule has 1 aliphatic heterocycles. The fraction of sp³-hybridized carbons (Fsp3) is 0.533. The second kappa shape index (κ2) is 7.14. The first kappa shape index (κ1) is 13.9. The zero-order valence-corrected chi connectivity index (χ0v) is 11.1. The number of likely N-dealkylation sites (tertiary alicyclic amines) is 1. The molecule has 1 fully saturated rings. The van der Waals surface area contributed by atoms with Crippen molar-refractivity contribution in [3.63, 3.8) is 0 Å². The summed E-state index contributed by atoms with van der Waals surface area (Å²) >= 11 is 0. The normalized spacial score (nSPS) is 16.4. The van der Waals surface area contributed by atoms with Crippen LogP contribution < -0.4 is 4.74 Å². The van der Waals surface area contributed by atoms with Crippen LogP contribution in [-0.2, 0) is 4.79 Å². The van der Waals surface area contributed by atoms with Gasteiger partial charge in [-0.25, -0.2) is 0 Å². The molecular weight excluding hydrogens is 242 g/mol. The molecule has 1 aromatic carbocycles. The summed E-state index contributed by atoms with van der Waals surface area (Å²) in [7, 11) is 0. The van der Waals surface area contributed by atoms with Crippen LogP contribution in [0, 0.1) is 0 Å². The van der Waals surface area contributed by atoms with E-state index in [0.717, 1.165) is 12.2 Å². The maximum Gasteiger partial charge on any atom is 0.222 e. The predicted octanol–water partition coefficient (Wildman–Crippen LogP) is 1.83. The number of hydrogen-bond acceptors (Lipinski definition) is 3. The molecule has 104 valence electrons. The molecule has 19 heavy (non-hydrogen) atoms. The first-order chi connectivity index (χ1) is 9.25. The lowest BCUT2D eigenvalue weighted by Gasteiger charge is -2.29. The van der Waals surface area contributed by atoms with Gasteiger partial charge in [-0.3, -0.25) is 4.79 Å². The van der Waals surface area contributed by atoms with Crippen LogP contribution in [0.5, 0.6) is 5.75 Å². The summed E-state index contributed by atoms with van der Waals surface area (Å²) in [5.41, 5.74) is 0. The molecule has 0 bridgehead atoms. The number of rotatable bonds is 5. The van der Waals surface area contributed by atoms with Crippen molar-refractivity contribution in [1.82, 2.24) is 4.90 Å². The molecule has 1 aromatic rings. The van der Waals surface area contributed by atoms with Gasteiger partial charge >= 0.3 is 0 Å². The Morgan fingerprint density at radius 2 is 1.95 bits per heavy atom. The molecule has 0 radical (unpaired) electrons. The predicted molar refractivity (Wildman–Crippen MR) is 73.0 cm³/mol. The highest BCUT2D eigenvalue weighted by Gasteiger charge is 2.20. The Hall–Kier alpha value is -1.55. The third-order valence-corrected chi connectivity index (χ3v) is 3.36. The van der Waals surface area contributed by atoms with E-state index in [1.54, 1.807) is 0 Å². The molecule has 4 heteroatoms. The molecule has 0 aliphatic carbocycles. The van der Waals surface area contributed by atoms with E-state index >= 15 is 0 Å². The maximum atomic E-state index is 11.9. The second-order valence-corrected chi connectivity index (χ2v) is 4.88. The summed E-state index contributed by atoms with van der Waals surface area (Å²) in [6.45, 7) is 1.92. The number of carbonyl (C=O) groups is 1. The summed E-state index contributed by atoms with van der Waals surface area (Å²) in [5, 5.41) is 9.39. The summed E-state index contributed by atoms with van der Waals surface area (Å²) in [4.78, 5) is 13.7. The van der Waals surface area contributed by atoms with Crippen LogP contribution >= 0.6 is 0 Å². The van der Waals surface area contributed by atoms with Gasteiger partial charge < -0.3 is 14.7 Å². The first-order valence-electron chi connectivity index (χ1n) is 6.89. The summed E-state index contributed by atoms with van der Waals surface area (Å²) in [5.74, 6) is 1.01. The molecule has 0 atom stereocenters. The molecule has 1 saturated heterocycles. The average Bonchev–Trinajstić information content (AvgIpc) is 2.45. The maximum absolute atomic E-state index is 11.9. The number of para-hydroxylation sites is 1. The number of amides is 1. The first-order valence-corrected chi connectivity index (χ1v) is 6.89. The van der Waals surface area contributed by atoms with Crippen LogP contribution in [0.15, 0.2) is 30.3 Å². The highest BCUT2D eigenvalue weighted by Crippen LogP contribution is 2.12. The average molecular weight is 263 g/mol. The van der Waals surface area contributed by atoms with E-state index in [9.17, 15) is 9.90 Å². The topological polar surface area (TPSA) is 49.8 Å². The van der Waals surface area contributed by atoms with Gasteiger partial charge in [0.1, 0.15) is 5.75 Å². The molecule has 1 aliphatic rings. The quantitative estimate of drug-likeness (QED) is 0.825. The molecule has 0 spiro atoms. The van der Waals surface area contributed by atoms with Crippen LogP contribution in [0.2, 0.25) is 0 Å². The Balaban J connectivity index is 1.61.